The Labute approximate surface area is 84.7 Å². The molecular formula is C10H17N3O. The summed E-state index contributed by atoms with van der Waals surface area (Å²) in [6.07, 6.45) is 1.96. The Hall–Kier alpha value is -1.08. The standard InChI is InChI=1S/C10H17N3O/c1-10(2,6-11)7-13-9(14)8-4-3-5-12-8/h8,12H,3-5,7H2,1-2H3,(H,13,14). The summed E-state index contributed by atoms with van der Waals surface area (Å²) in [7, 11) is 0. The lowest BCUT2D eigenvalue weighted by Crippen LogP contribution is -2.43. The van der Waals surface area contributed by atoms with Crippen LogP contribution in [0.1, 0.15) is 26.7 Å². The van der Waals surface area contributed by atoms with Gasteiger partial charge in [0.05, 0.1) is 17.5 Å². The van der Waals surface area contributed by atoms with E-state index in [4.69, 9.17) is 5.26 Å². The van der Waals surface area contributed by atoms with Crippen LogP contribution in [0.25, 0.3) is 0 Å². The smallest absolute Gasteiger partial charge is 0.237 e. The van der Waals surface area contributed by atoms with E-state index in [0.29, 0.717) is 6.54 Å². The van der Waals surface area contributed by atoms with E-state index in [-0.39, 0.29) is 11.9 Å². The van der Waals surface area contributed by atoms with Crippen molar-refractivity contribution in [3.63, 3.8) is 0 Å². The number of hydrogen-bond donors (Lipinski definition) is 2. The van der Waals surface area contributed by atoms with Crippen molar-refractivity contribution in [2.75, 3.05) is 13.1 Å². The van der Waals surface area contributed by atoms with Gasteiger partial charge in [-0.05, 0) is 33.2 Å². The van der Waals surface area contributed by atoms with Crippen LogP contribution in [0.5, 0.6) is 0 Å². The lowest BCUT2D eigenvalue weighted by Gasteiger charge is -2.17. The van der Waals surface area contributed by atoms with Crippen molar-refractivity contribution in [1.82, 2.24) is 10.6 Å². The monoisotopic (exact) mass is 195 g/mol. The average molecular weight is 195 g/mol. The number of carbonyl (C=O) groups excluding carboxylic acids is 1. The molecule has 0 bridgehead atoms. The van der Waals surface area contributed by atoms with Gasteiger partial charge in [-0.25, -0.2) is 0 Å². The van der Waals surface area contributed by atoms with Crippen LogP contribution in [0.2, 0.25) is 0 Å². The Bertz CT molecular complexity index is 249. The van der Waals surface area contributed by atoms with Crippen LogP contribution < -0.4 is 10.6 Å². The van der Waals surface area contributed by atoms with E-state index in [2.05, 4.69) is 16.7 Å². The minimum Gasteiger partial charge on any atom is -0.353 e. The molecule has 4 nitrogen and oxygen atoms in total. The first kappa shape index (κ1) is 11.0. The van der Waals surface area contributed by atoms with E-state index in [1.54, 1.807) is 0 Å². The van der Waals surface area contributed by atoms with E-state index < -0.39 is 5.41 Å². The first-order valence-electron chi connectivity index (χ1n) is 4.97. The molecule has 0 aliphatic carbocycles. The normalized spacial score (nSPS) is 21.6. The molecule has 0 saturated carbocycles. The van der Waals surface area contributed by atoms with Crippen LogP contribution >= 0.6 is 0 Å². The Morgan fingerprint density at radius 2 is 2.43 bits per heavy atom. The molecular weight excluding hydrogens is 178 g/mol. The molecule has 2 N–H and O–H groups in total. The van der Waals surface area contributed by atoms with Crippen molar-refractivity contribution in [2.45, 2.75) is 32.7 Å². The van der Waals surface area contributed by atoms with E-state index in [1.165, 1.54) is 0 Å². The minimum atomic E-state index is -0.478. The van der Waals surface area contributed by atoms with Gasteiger partial charge in [0.15, 0.2) is 0 Å². The molecule has 0 radical (unpaired) electrons. The summed E-state index contributed by atoms with van der Waals surface area (Å²) in [6, 6.07) is 2.10. The number of hydrogen-bond acceptors (Lipinski definition) is 3. The molecule has 0 spiro atoms. The van der Waals surface area contributed by atoms with Gasteiger partial charge in [0.25, 0.3) is 0 Å². The zero-order chi connectivity index (χ0) is 10.6. The molecule has 1 amide bonds. The maximum atomic E-state index is 11.5. The Balaban J connectivity index is 2.31. The molecule has 14 heavy (non-hydrogen) atoms. The lowest BCUT2D eigenvalue weighted by molar-refractivity contribution is -0.123. The molecule has 1 atom stereocenters. The topological polar surface area (TPSA) is 64.9 Å². The molecule has 0 aromatic heterocycles. The van der Waals surface area contributed by atoms with Crippen LogP contribution in [-0.4, -0.2) is 25.0 Å². The highest BCUT2D eigenvalue weighted by molar-refractivity contribution is 5.82. The largest absolute Gasteiger partial charge is 0.353 e. The number of nitrogens with one attached hydrogen (secondary N) is 2. The summed E-state index contributed by atoms with van der Waals surface area (Å²) in [4.78, 5) is 11.5. The lowest BCUT2D eigenvalue weighted by atomic mass is 9.96. The third-order valence-electron chi connectivity index (χ3n) is 2.38. The highest BCUT2D eigenvalue weighted by atomic mass is 16.2. The van der Waals surface area contributed by atoms with Crippen LogP contribution in [-0.2, 0) is 4.79 Å². The molecule has 1 aliphatic heterocycles. The maximum Gasteiger partial charge on any atom is 0.237 e. The van der Waals surface area contributed by atoms with Gasteiger partial charge >= 0.3 is 0 Å². The molecule has 1 saturated heterocycles. The molecule has 1 unspecified atom stereocenters. The number of carbonyl (C=O) groups is 1. The predicted octanol–water partition coefficient (Wildman–Crippen LogP) is 0.404. The Morgan fingerprint density at radius 3 is 2.93 bits per heavy atom. The molecule has 0 aromatic rings. The Morgan fingerprint density at radius 1 is 1.71 bits per heavy atom. The number of rotatable bonds is 3. The van der Waals surface area contributed by atoms with E-state index in [1.807, 2.05) is 13.8 Å². The highest BCUT2D eigenvalue weighted by Gasteiger charge is 2.24. The van der Waals surface area contributed by atoms with E-state index in [9.17, 15) is 4.79 Å². The van der Waals surface area contributed by atoms with Crippen molar-refractivity contribution in [1.29, 1.82) is 5.26 Å². The summed E-state index contributed by atoms with van der Waals surface area (Å²) in [5.74, 6) is 0.0193. The summed E-state index contributed by atoms with van der Waals surface area (Å²) >= 11 is 0. The SMILES string of the molecule is CC(C)(C#N)CNC(=O)C1CCCN1. The summed E-state index contributed by atoms with van der Waals surface area (Å²) < 4.78 is 0. The Kier molecular flexibility index (Phi) is 3.48. The van der Waals surface area contributed by atoms with Gasteiger partial charge in [-0.15, -0.1) is 0 Å². The highest BCUT2D eigenvalue weighted by Crippen LogP contribution is 2.11. The second-order valence-electron chi connectivity index (χ2n) is 4.36. The van der Waals surface area contributed by atoms with Crippen LogP contribution in [0.3, 0.4) is 0 Å². The molecule has 4 heteroatoms. The number of nitriles is 1. The molecule has 1 aliphatic rings. The van der Waals surface area contributed by atoms with Gasteiger partial charge < -0.3 is 10.6 Å². The fraction of sp³-hybridized carbons (Fsp3) is 0.800. The molecule has 0 aromatic carbocycles. The quantitative estimate of drug-likeness (QED) is 0.685. The minimum absolute atomic E-state index is 0.0193. The van der Waals surface area contributed by atoms with E-state index >= 15 is 0 Å². The first-order chi connectivity index (χ1) is 6.55. The second-order valence-corrected chi connectivity index (χ2v) is 4.36. The fourth-order valence-corrected chi connectivity index (χ4v) is 1.38. The number of amides is 1. The van der Waals surface area contributed by atoms with Gasteiger partial charge in [-0.1, -0.05) is 0 Å². The zero-order valence-electron chi connectivity index (χ0n) is 8.76. The average Bonchev–Trinajstić information content (AvgIpc) is 2.67. The van der Waals surface area contributed by atoms with Crippen molar-refractivity contribution in [3.8, 4) is 6.07 Å². The third kappa shape index (κ3) is 3.00. The molecule has 78 valence electrons. The van der Waals surface area contributed by atoms with Crippen LogP contribution in [0.15, 0.2) is 0 Å². The van der Waals surface area contributed by atoms with Crippen molar-refractivity contribution >= 4 is 5.91 Å². The molecule has 1 fully saturated rings. The molecule has 1 heterocycles. The van der Waals surface area contributed by atoms with Crippen LogP contribution in [0.4, 0.5) is 0 Å². The third-order valence-corrected chi connectivity index (χ3v) is 2.38. The molecule has 1 rings (SSSR count). The maximum absolute atomic E-state index is 11.5. The van der Waals surface area contributed by atoms with Gasteiger partial charge in [-0.2, -0.15) is 5.26 Å². The van der Waals surface area contributed by atoms with E-state index in [0.717, 1.165) is 19.4 Å². The second kappa shape index (κ2) is 4.43. The van der Waals surface area contributed by atoms with Crippen molar-refractivity contribution in [3.05, 3.63) is 0 Å². The van der Waals surface area contributed by atoms with Gasteiger partial charge in [0.1, 0.15) is 0 Å². The van der Waals surface area contributed by atoms with Gasteiger partial charge in [0, 0.05) is 6.54 Å². The summed E-state index contributed by atoms with van der Waals surface area (Å²) in [5.41, 5.74) is -0.478. The number of nitrogens with zero attached hydrogens (tertiary/aromatic N) is 1. The van der Waals surface area contributed by atoms with Crippen molar-refractivity contribution < 1.29 is 4.79 Å². The van der Waals surface area contributed by atoms with Crippen LogP contribution in [0, 0.1) is 16.7 Å². The van der Waals surface area contributed by atoms with Gasteiger partial charge in [0.2, 0.25) is 5.91 Å². The summed E-state index contributed by atoms with van der Waals surface area (Å²) in [6.45, 7) is 4.96. The predicted molar refractivity (Wildman–Crippen MR) is 53.4 cm³/mol. The first-order valence-corrected chi connectivity index (χ1v) is 4.97. The van der Waals surface area contributed by atoms with Gasteiger partial charge in [-0.3, -0.25) is 4.79 Å². The fourth-order valence-electron chi connectivity index (χ4n) is 1.38. The zero-order valence-corrected chi connectivity index (χ0v) is 8.76. The summed E-state index contributed by atoms with van der Waals surface area (Å²) in [5, 5.41) is 14.7. The van der Waals surface area contributed by atoms with Crippen molar-refractivity contribution in [2.24, 2.45) is 5.41 Å².